The molecule has 0 aromatic heterocycles. The monoisotopic (exact) mass is 309 g/mol. The van der Waals surface area contributed by atoms with Crippen LogP contribution in [-0.4, -0.2) is 29.9 Å². The normalized spacial score (nSPS) is 12.1. The van der Waals surface area contributed by atoms with Crippen molar-refractivity contribution in [2.45, 2.75) is 38.9 Å². The topological polar surface area (TPSA) is 49.3 Å². The second kappa shape index (κ2) is 10.7. The van der Waals surface area contributed by atoms with Crippen molar-refractivity contribution >= 4 is 17.7 Å². The lowest BCUT2D eigenvalue weighted by molar-refractivity contribution is -0.118. The molecule has 0 saturated heterocycles. The summed E-state index contributed by atoms with van der Waals surface area (Å²) in [6.45, 7) is 5.08. The van der Waals surface area contributed by atoms with Gasteiger partial charge >= 0.3 is 0 Å². The average molecular weight is 309 g/mol. The number of amides is 1. The van der Waals surface area contributed by atoms with E-state index in [1.165, 1.54) is 11.1 Å². The van der Waals surface area contributed by atoms with E-state index in [0.717, 1.165) is 25.0 Å². The molecule has 1 aromatic carbocycles. The Morgan fingerprint density at radius 3 is 2.86 bits per heavy atom. The molecular weight excluding hydrogens is 282 g/mol. The van der Waals surface area contributed by atoms with Gasteiger partial charge in [0, 0.05) is 18.9 Å². The van der Waals surface area contributed by atoms with Crippen molar-refractivity contribution in [3.8, 4) is 0 Å². The van der Waals surface area contributed by atoms with Gasteiger partial charge in [-0.15, -0.1) is 11.8 Å². The minimum atomic E-state index is 0.0895. The number of rotatable bonds is 10. The van der Waals surface area contributed by atoms with Crippen molar-refractivity contribution in [3.05, 3.63) is 35.4 Å². The predicted octanol–water partition coefficient (Wildman–Crippen LogP) is 3.14. The summed E-state index contributed by atoms with van der Waals surface area (Å²) in [7, 11) is 0. The number of hydrogen-bond acceptors (Lipinski definition) is 3. The van der Waals surface area contributed by atoms with E-state index in [-0.39, 0.29) is 12.5 Å². The second-order valence-electron chi connectivity index (χ2n) is 5.45. The first-order valence-electron chi connectivity index (χ1n) is 7.66. The second-order valence-corrected chi connectivity index (χ2v) is 6.44. The van der Waals surface area contributed by atoms with Gasteiger partial charge in [-0.05, 0) is 31.2 Å². The molecule has 1 unspecified atom stereocenters. The summed E-state index contributed by atoms with van der Waals surface area (Å²) in [6.07, 6.45) is 2.91. The molecule has 2 N–H and O–H groups in total. The van der Waals surface area contributed by atoms with E-state index in [4.69, 9.17) is 5.11 Å². The lowest BCUT2D eigenvalue weighted by atomic mass is 10.0. The van der Waals surface area contributed by atoms with Crippen LogP contribution in [-0.2, 0) is 10.5 Å². The Labute approximate surface area is 132 Å². The standard InChI is InChI=1S/C17H27NO2S/c1-3-5-15(8-9-19)11-18-17(20)13-21-12-16-7-4-6-14(2)10-16/h4,6-7,10,15,19H,3,5,8-9,11-13H2,1-2H3,(H,18,20). The summed E-state index contributed by atoms with van der Waals surface area (Å²) in [6, 6.07) is 8.38. The lowest BCUT2D eigenvalue weighted by Gasteiger charge is -2.15. The van der Waals surface area contributed by atoms with Crippen LogP contribution in [0.3, 0.4) is 0 Å². The van der Waals surface area contributed by atoms with Crippen LogP contribution < -0.4 is 5.32 Å². The summed E-state index contributed by atoms with van der Waals surface area (Å²) >= 11 is 1.64. The van der Waals surface area contributed by atoms with E-state index in [2.05, 4.69) is 43.4 Å². The van der Waals surface area contributed by atoms with Gasteiger partial charge in [-0.2, -0.15) is 0 Å². The number of carbonyl (C=O) groups excluding carboxylic acids is 1. The highest BCUT2D eigenvalue weighted by atomic mass is 32.2. The quantitative estimate of drug-likeness (QED) is 0.698. The Bertz CT molecular complexity index is 417. The van der Waals surface area contributed by atoms with Crippen LogP contribution in [0.15, 0.2) is 24.3 Å². The molecule has 1 amide bonds. The molecule has 0 spiro atoms. The summed E-state index contributed by atoms with van der Waals surface area (Å²) in [5, 5.41) is 12.0. The van der Waals surface area contributed by atoms with Crippen molar-refractivity contribution in [3.63, 3.8) is 0 Å². The molecule has 0 bridgehead atoms. The van der Waals surface area contributed by atoms with E-state index in [0.29, 0.717) is 18.2 Å². The number of aliphatic hydroxyl groups is 1. The summed E-state index contributed by atoms with van der Waals surface area (Å²) in [4.78, 5) is 11.8. The molecule has 0 aliphatic rings. The Morgan fingerprint density at radius 1 is 1.38 bits per heavy atom. The molecule has 21 heavy (non-hydrogen) atoms. The highest BCUT2D eigenvalue weighted by molar-refractivity contribution is 7.99. The zero-order valence-electron chi connectivity index (χ0n) is 13.1. The number of benzene rings is 1. The fourth-order valence-electron chi connectivity index (χ4n) is 2.31. The highest BCUT2D eigenvalue weighted by Gasteiger charge is 2.09. The molecule has 0 fully saturated rings. The summed E-state index contributed by atoms with van der Waals surface area (Å²) in [5.74, 6) is 1.84. The average Bonchev–Trinajstić information content (AvgIpc) is 2.45. The van der Waals surface area contributed by atoms with E-state index < -0.39 is 0 Å². The van der Waals surface area contributed by atoms with Crippen molar-refractivity contribution in [1.29, 1.82) is 0 Å². The Hall–Kier alpha value is -1.00. The summed E-state index contributed by atoms with van der Waals surface area (Å²) < 4.78 is 0. The number of hydrogen-bond donors (Lipinski definition) is 2. The molecular formula is C17H27NO2S. The van der Waals surface area contributed by atoms with E-state index in [1.54, 1.807) is 11.8 Å². The summed E-state index contributed by atoms with van der Waals surface area (Å²) in [5.41, 5.74) is 2.51. The first-order chi connectivity index (χ1) is 10.2. The third-order valence-corrected chi connectivity index (χ3v) is 4.41. The van der Waals surface area contributed by atoms with Crippen molar-refractivity contribution in [2.24, 2.45) is 5.92 Å². The van der Waals surface area contributed by atoms with E-state index in [9.17, 15) is 4.79 Å². The van der Waals surface area contributed by atoms with Crippen molar-refractivity contribution in [1.82, 2.24) is 5.32 Å². The number of nitrogens with one attached hydrogen (secondary N) is 1. The van der Waals surface area contributed by atoms with Crippen LogP contribution in [0.2, 0.25) is 0 Å². The third-order valence-electron chi connectivity index (χ3n) is 3.41. The van der Waals surface area contributed by atoms with Crippen LogP contribution in [0.5, 0.6) is 0 Å². The largest absolute Gasteiger partial charge is 0.396 e. The van der Waals surface area contributed by atoms with Crippen molar-refractivity contribution < 1.29 is 9.90 Å². The van der Waals surface area contributed by atoms with Gasteiger partial charge in [0.05, 0.1) is 5.75 Å². The van der Waals surface area contributed by atoms with Gasteiger partial charge in [0.25, 0.3) is 0 Å². The SMILES string of the molecule is CCCC(CCO)CNC(=O)CSCc1cccc(C)c1. The predicted molar refractivity (Wildman–Crippen MR) is 90.5 cm³/mol. The molecule has 118 valence electrons. The van der Waals surface area contributed by atoms with Crippen molar-refractivity contribution in [2.75, 3.05) is 18.9 Å². The van der Waals surface area contributed by atoms with Crippen LogP contribution in [0, 0.1) is 12.8 Å². The minimum absolute atomic E-state index is 0.0895. The zero-order valence-corrected chi connectivity index (χ0v) is 13.9. The van der Waals surface area contributed by atoms with Crippen LogP contribution in [0.25, 0.3) is 0 Å². The molecule has 1 atom stereocenters. The lowest BCUT2D eigenvalue weighted by Crippen LogP contribution is -2.31. The van der Waals surface area contributed by atoms with Gasteiger partial charge in [0.2, 0.25) is 5.91 Å². The van der Waals surface area contributed by atoms with Gasteiger partial charge in [-0.1, -0.05) is 43.2 Å². The zero-order chi connectivity index (χ0) is 15.5. The Kier molecular flexibility index (Phi) is 9.19. The van der Waals surface area contributed by atoms with Crippen LogP contribution >= 0.6 is 11.8 Å². The molecule has 0 saturated carbocycles. The molecule has 0 radical (unpaired) electrons. The van der Waals surface area contributed by atoms with Gasteiger partial charge in [0.15, 0.2) is 0 Å². The fourth-order valence-corrected chi connectivity index (χ4v) is 3.12. The molecule has 3 nitrogen and oxygen atoms in total. The van der Waals surface area contributed by atoms with E-state index in [1.807, 2.05) is 0 Å². The smallest absolute Gasteiger partial charge is 0.230 e. The molecule has 1 aromatic rings. The van der Waals surface area contributed by atoms with E-state index >= 15 is 0 Å². The first kappa shape index (κ1) is 18.1. The first-order valence-corrected chi connectivity index (χ1v) is 8.82. The number of aliphatic hydroxyl groups excluding tert-OH is 1. The number of aryl methyl sites for hydroxylation is 1. The van der Waals surface area contributed by atoms with Gasteiger partial charge in [-0.3, -0.25) is 4.79 Å². The number of carbonyl (C=O) groups is 1. The van der Waals surface area contributed by atoms with Gasteiger partial charge < -0.3 is 10.4 Å². The molecule has 0 aliphatic heterocycles. The van der Waals surface area contributed by atoms with Crippen LogP contribution in [0.4, 0.5) is 0 Å². The maximum absolute atomic E-state index is 11.8. The van der Waals surface area contributed by atoms with Gasteiger partial charge in [-0.25, -0.2) is 0 Å². The molecule has 0 aliphatic carbocycles. The Morgan fingerprint density at radius 2 is 2.19 bits per heavy atom. The van der Waals surface area contributed by atoms with Gasteiger partial charge in [0.1, 0.15) is 0 Å². The Balaban J connectivity index is 2.21. The molecule has 4 heteroatoms. The van der Waals surface area contributed by atoms with Crippen LogP contribution in [0.1, 0.15) is 37.3 Å². The maximum Gasteiger partial charge on any atom is 0.230 e. The maximum atomic E-state index is 11.8. The number of thioether (sulfide) groups is 1. The highest BCUT2D eigenvalue weighted by Crippen LogP contribution is 2.13. The fraction of sp³-hybridized carbons (Fsp3) is 0.588. The molecule has 0 heterocycles. The minimum Gasteiger partial charge on any atom is -0.396 e. The molecule has 1 rings (SSSR count). The third kappa shape index (κ3) is 8.12.